The minimum absolute atomic E-state index is 0. The van der Waals surface area contributed by atoms with Gasteiger partial charge in [0.2, 0.25) is 0 Å². The summed E-state index contributed by atoms with van der Waals surface area (Å²) in [5.41, 5.74) is 3.94. The number of benzene rings is 3. The molecule has 4 nitrogen and oxygen atoms in total. The third kappa shape index (κ3) is 5.37. The summed E-state index contributed by atoms with van der Waals surface area (Å²) in [5.74, 6) is 1.01. The number of aromatic amines is 1. The average Bonchev–Trinajstić information content (AvgIpc) is 3.19. The summed E-state index contributed by atoms with van der Waals surface area (Å²) in [6, 6.07) is 20.7. The van der Waals surface area contributed by atoms with E-state index in [0.717, 1.165) is 24.0 Å². The Morgan fingerprint density at radius 3 is 2.52 bits per heavy atom. The summed E-state index contributed by atoms with van der Waals surface area (Å²) < 4.78 is 25.4. The molecule has 3 aromatic carbocycles. The second-order valence-corrected chi connectivity index (χ2v) is 7.11. The van der Waals surface area contributed by atoms with E-state index in [4.69, 9.17) is 9.47 Å². The molecule has 2 N–H and O–H groups in total. The van der Waals surface area contributed by atoms with Crippen molar-refractivity contribution < 1.29 is 13.9 Å². The van der Waals surface area contributed by atoms with Crippen LogP contribution >= 0.6 is 12.4 Å². The molecule has 0 atom stereocenters. The second-order valence-electron chi connectivity index (χ2n) is 7.11. The molecule has 0 radical (unpaired) electrons. The van der Waals surface area contributed by atoms with Gasteiger partial charge in [0.15, 0.2) is 11.5 Å². The third-order valence-electron chi connectivity index (χ3n) is 5.17. The quantitative estimate of drug-likeness (QED) is 0.331. The van der Waals surface area contributed by atoms with E-state index in [1.807, 2.05) is 24.3 Å². The largest absolute Gasteiger partial charge is 0.493 e. The van der Waals surface area contributed by atoms with Gasteiger partial charge in [0.1, 0.15) is 12.4 Å². The summed E-state index contributed by atoms with van der Waals surface area (Å²) in [6.45, 7) is 1.60. The molecule has 0 spiro atoms. The van der Waals surface area contributed by atoms with Crippen LogP contribution in [0, 0.1) is 5.82 Å². The van der Waals surface area contributed by atoms with Crippen molar-refractivity contribution in [3.8, 4) is 11.5 Å². The number of hydrogen-bond donors (Lipinski definition) is 2. The van der Waals surface area contributed by atoms with Crippen LogP contribution in [0.15, 0.2) is 72.9 Å². The highest BCUT2D eigenvalue weighted by atomic mass is 35.5. The summed E-state index contributed by atoms with van der Waals surface area (Å²) in [4.78, 5) is 3.31. The maximum atomic E-state index is 13.9. The first-order valence-electron chi connectivity index (χ1n) is 10.0. The average molecular weight is 441 g/mol. The minimum atomic E-state index is -0.272. The lowest BCUT2D eigenvalue weighted by Gasteiger charge is -2.16. The zero-order valence-electron chi connectivity index (χ0n) is 17.4. The van der Waals surface area contributed by atoms with Gasteiger partial charge in [-0.25, -0.2) is 4.39 Å². The number of methoxy groups -OCH3 is 1. The minimum Gasteiger partial charge on any atom is -0.493 e. The fraction of sp³-hybridized carbons (Fsp3) is 0.200. The highest BCUT2D eigenvalue weighted by Crippen LogP contribution is 2.32. The SMILES string of the molecule is COc1cccc(CNCCc2c[nH]c3ccccc23)c1OCc1ccccc1F.Cl. The number of rotatable bonds is 9. The first kappa shape index (κ1) is 22.7. The van der Waals surface area contributed by atoms with Gasteiger partial charge < -0.3 is 19.8 Å². The fourth-order valence-electron chi connectivity index (χ4n) is 3.57. The van der Waals surface area contributed by atoms with E-state index in [9.17, 15) is 4.39 Å². The Hall–Kier alpha value is -3.02. The van der Waals surface area contributed by atoms with E-state index >= 15 is 0 Å². The zero-order valence-corrected chi connectivity index (χ0v) is 18.2. The smallest absolute Gasteiger partial charge is 0.166 e. The van der Waals surface area contributed by atoms with Crippen molar-refractivity contribution in [2.45, 2.75) is 19.6 Å². The molecule has 0 amide bonds. The van der Waals surface area contributed by atoms with Gasteiger partial charge in [0.25, 0.3) is 0 Å². The van der Waals surface area contributed by atoms with Crippen LogP contribution < -0.4 is 14.8 Å². The number of para-hydroxylation sites is 2. The van der Waals surface area contributed by atoms with E-state index in [1.165, 1.54) is 17.0 Å². The fourth-order valence-corrected chi connectivity index (χ4v) is 3.57. The Morgan fingerprint density at radius 1 is 0.903 bits per heavy atom. The molecular formula is C25H26ClFN2O2. The van der Waals surface area contributed by atoms with E-state index < -0.39 is 0 Å². The first-order valence-corrected chi connectivity index (χ1v) is 10.0. The predicted molar refractivity (Wildman–Crippen MR) is 125 cm³/mol. The number of nitrogens with one attached hydrogen (secondary N) is 2. The third-order valence-corrected chi connectivity index (χ3v) is 5.17. The van der Waals surface area contributed by atoms with Crippen molar-refractivity contribution in [1.29, 1.82) is 0 Å². The lowest BCUT2D eigenvalue weighted by atomic mass is 10.1. The standard InChI is InChI=1S/C25H25FN2O2.ClH/c1-29-24-12-6-8-19(25(24)30-17-20-7-2-4-10-22(20)26)15-27-14-13-18-16-28-23-11-5-3-9-21(18)23;/h2-12,16,27-28H,13-15,17H2,1H3;1H. The van der Waals surface area contributed by atoms with Gasteiger partial charge in [-0.05, 0) is 36.7 Å². The predicted octanol–water partition coefficient (Wildman–Crippen LogP) is 5.65. The summed E-state index contributed by atoms with van der Waals surface area (Å²) in [5, 5.41) is 4.74. The number of aromatic nitrogens is 1. The molecule has 0 bridgehead atoms. The Balaban J connectivity index is 0.00000272. The van der Waals surface area contributed by atoms with Crippen LogP contribution in [0.2, 0.25) is 0 Å². The van der Waals surface area contributed by atoms with Crippen LogP contribution in [0.3, 0.4) is 0 Å². The Morgan fingerprint density at radius 2 is 1.68 bits per heavy atom. The maximum absolute atomic E-state index is 13.9. The van der Waals surface area contributed by atoms with Crippen LogP contribution in [0.25, 0.3) is 10.9 Å². The highest BCUT2D eigenvalue weighted by molar-refractivity contribution is 5.85. The molecule has 1 aromatic heterocycles. The van der Waals surface area contributed by atoms with Crippen molar-refractivity contribution in [2.75, 3.05) is 13.7 Å². The first-order chi connectivity index (χ1) is 14.8. The van der Waals surface area contributed by atoms with Gasteiger partial charge in [0.05, 0.1) is 7.11 Å². The van der Waals surface area contributed by atoms with Gasteiger partial charge in [-0.2, -0.15) is 0 Å². The number of fused-ring (bicyclic) bond motifs is 1. The molecule has 6 heteroatoms. The highest BCUT2D eigenvalue weighted by Gasteiger charge is 2.12. The van der Waals surface area contributed by atoms with Crippen LogP contribution in [-0.4, -0.2) is 18.6 Å². The number of hydrogen-bond acceptors (Lipinski definition) is 3. The van der Waals surface area contributed by atoms with Crippen LogP contribution in [-0.2, 0) is 19.6 Å². The van der Waals surface area contributed by atoms with Crippen molar-refractivity contribution in [3.05, 3.63) is 95.4 Å². The van der Waals surface area contributed by atoms with Gasteiger partial charge in [-0.15, -0.1) is 12.4 Å². The lowest BCUT2D eigenvalue weighted by Crippen LogP contribution is -2.17. The Labute approximate surface area is 187 Å². The molecule has 0 aliphatic carbocycles. The summed E-state index contributed by atoms with van der Waals surface area (Å²) >= 11 is 0. The molecular weight excluding hydrogens is 415 g/mol. The van der Waals surface area contributed by atoms with E-state index in [1.54, 1.807) is 25.3 Å². The van der Waals surface area contributed by atoms with E-state index in [-0.39, 0.29) is 24.8 Å². The van der Waals surface area contributed by atoms with Gasteiger partial charge >= 0.3 is 0 Å². The molecule has 0 unspecified atom stereocenters. The molecule has 1 heterocycles. The molecule has 0 saturated heterocycles. The van der Waals surface area contributed by atoms with E-state index in [2.05, 4.69) is 34.7 Å². The molecule has 0 saturated carbocycles. The topological polar surface area (TPSA) is 46.3 Å². The number of ether oxygens (including phenoxy) is 2. The van der Waals surface area contributed by atoms with Crippen LogP contribution in [0.1, 0.15) is 16.7 Å². The molecule has 4 rings (SSSR count). The van der Waals surface area contributed by atoms with Crippen molar-refractivity contribution >= 4 is 23.3 Å². The molecule has 31 heavy (non-hydrogen) atoms. The Kier molecular flexibility index (Phi) is 7.93. The second kappa shape index (κ2) is 10.8. The Bertz CT molecular complexity index is 1130. The number of halogens is 2. The van der Waals surface area contributed by atoms with Crippen molar-refractivity contribution in [2.24, 2.45) is 0 Å². The van der Waals surface area contributed by atoms with Gasteiger partial charge in [-0.1, -0.05) is 48.5 Å². The maximum Gasteiger partial charge on any atom is 0.166 e. The van der Waals surface area contributed by atoms with E-state index in [0.29, 0.717) is 23.6 Å². The lowest BCUT2D eigenvalue weighted by molar-refractivity contribution is 0.276. The van der Waals surface area contributed by atoms with Crippen LogP contribution in [0.4, 0.5) is 4.39 Å². The van der Waals surface area contributed by atoms with Crippen LogP contribution in [0.5, 0.6) is 11.5 Å². The molecule has 162 valence electrons. The van der Waals surface area contributed by atoms with Gasteiger partial charge in [0, 0.05) is 34.8 Å². The molecule has 0 fully saturated rings. The van der Waals surface area contributed by atoms with Crippen molar-refractivity contribution in [3.63, 3.8) is 0 Å². The molecule has 4 aromatic rings. The normalized spacial score (nSPS) is 10.6. The van der Waals surface area contributed by atoms with Crippen molar-refractivity contribution in [1.82, 2.24) is 10.3 Å². The monoisotopic (exact) mass is 440 g/mol. The number of H-pyrrole nitrogens is 1. The summed E-state index contributed by atoms with van der Waals surface area (Å²) in [7, 11) is 1.61. The summed E-state index contributed by atoms with van der Waals surface area (Å²) in [6.07, 6.45) is 2.99. The van der Waals surface area contributed by atoms with Gasteiger partial charge in [-0.3, -0.25) is 0 Å². The molecule has 0 aliphatic heterocycles. The molecule has 0 aliphatic rings. The zero-order chi connectivity index (χ0) is 20.8.